The molecule has 0 aromatic heterocycles. The first-order valence-electron chi connectivity index (χ1n) is 10.3. The number of nitrogens with zero attached hydrogens (tertiary/aromatic N) is 1. The van der Waals surface area contributed by atoms with Crippen molar-refractivity contribution in [3.8, 4) is 0 Å². The molecule has 5 heteroatoms. The fourth-order valence-electron chi connectivity index (χ4n) is 2.63. The van der Waals surface area contributed by atoms with Gasteiger partial charge in [0.2, 0.25) is 0 Å². The molecule has 1 aliphatic rings. The molecule has 5 nitrogen and oxygen atoms in total. The number of carboxylic acids is 1. The third kappa shape index (κ3) is 20.7. The summed E-state index contributed by atoms with van der Waals surface area (Å²) in [5, 5.41) is 18.3. The van der Waals surface area contributed by atoms with Crippen molar-refractivity contribution in [3.63, 3.8) is 0 Å². The monoisotopic (exact) mass is 369 g/mol. The van der Waals surface area contributed by atoms with Crippen LogP contribution in [0.3, 0.4) is 0 Å². The molecule has 0 aromatic carbocycles. The van der Waals surface area contributed by atoms with Gasteiger partial charge in [-0.3, -0.25) is 9.79 Å². The van der Waals surface area contributed by atoms with Crippen molar-refractivity contribution in [3.05, 3.63) is 12.2 Å². The van der Waals surface area contributed by atoms with E-state index < -0.39 is 5.97 Å². The summed E-state index contributed by atoms with van der Waals surface area (Å²) in [5.41, 5.74) is 0. The first-order valence-corrected chi connectivity index (χ1v) is 10.3. The molecule has 0 saturated heterocycles. The molecular weight excluding hydrogens is 330 g/mol. The predicted octanol–water partition coefficient (Wildman–Crippen LogP) is 5.12. The lowest BCUT2D eigenvalue weighted by Gasteiger charge is -2.07. The van der Waals surface area contributed by atoms with Crippen LogP contribution in [0.4, 0.5) is 0 Å². The molecule has 0 aromatic rings. The minimum Gasteiger partial charge on any atom is -0.482 e. The van der Waals surface area contributed by atoms with Gasteiger partial charge in [0, 0.05) is 6.42 Å². The maximum atomic E-state index is 10.3. The van der Waals surface area contributed by atoms with E-state index in [0.29, 0.717) is 6.42 Å². The lowest BCUT2D eigenvalue weighted by Crippen LogP contribution is -2.04. The van der Waals surface area contributed by atoms with Crippen LogP contribution in [0.25, 0.3) is 0 Å². The van der Waals surface area contributed by atoms with Crippen LogP contribution in [0.1, 0.15) is 90.4 Å². The molecule has 0 bridgehead atoms. The molecule has 0 fully saturated rings. The van der Waals surface area contributed by atoms with Crippen LogP contribution in [0.2, 0.25) is 0 Å². The largest absolute Gasteiger partial charge is 0.482 e. The normalized spacial score (nSPS) is 14.1. The zero-order chi connectivity index (χ0) is 19.3. The average Bonchev–Trinajstić information content (AvgIpc) is 3.20. The summed E-state index contributed by atoms with van der Waals surface area (Å²) in [4.78, 5) is 14.1. The molecule has 26 heavy (non-hydrogen) atoms. The number of aliphatic imine (C=N–C) groups is 1. The van der Waals surface area contributed by atoms with Crippen LogP contribution in [-0.2, 0) is 9.53 Å². The molecule has 0 saturated carbocycles. The molecule has 2 N–H and O–H groups in total. The van der Waals surface area contributed by atoms with E-state index >= 15 is 0 Å². The van der Waals surface area contributed by atoms with Crippen molar-refractivity contribution in [2.75, 3.05) is 13.2 Å². The molecular formula is C21H39NO4. The molecule has 1 rings (SSSR count). The molecule has 1 aliphatic heterocycles. The van der Waals surface area contributed by atoms with Crippen molar-refractivity contribution < 1.29 is 19.7 Å². The Bertz CT molecular complexity index is 363. The number of carbonyl (C=O) groups is 1. The van der Waals surface area contributed by atoms with Gasteiger partial charge < -0.3 is 14.9 Å². The number of hydrogen-bond acceptors (Lipinski definition) is 4. The van der Waals surface area contributed by atoms with Gasteiger partial charge in [-0.15, -0.1) is 0 Å². The first-order chi connectivity index (χ1) is 12.7. The van der Waals surface area contributed by atoms with E-state index in [1.165, 1.54) is 32.1 Å². The van der Waals surface area contributed by atoms with Gasteiger partial charge in [0.15, 0.2) is 6.40 Å². The number of unbranched alkanes of at least 4 members (excludes halogenated alkanes) is 8. The van der Waals surface area contributed by atoms with E-state index in [0.717, 1.165) is 64.5 Å². The van der Waals surface area contributed by atoms with Crippen LogP contribution in [0.15, 0.2) is 17.1 Å². The van der Waals surface area contributed by atoms with Crippen LogP contribution in [0.5, 0.6) is 0 Å². The molecule has 1 atom stereocenters. The van der Waals surface area contributed by atoms with Gasteiger partial charge >= 0.3 is 5.97 Å². The summed E-state index contributed by atoms with van der Waals surface area (Å²) in [6.07, 6.45) is 18.8. The van der Waals surface area contributed by atoms with E-state index in [9.17, 15) is 9.90 Å². The SMILES string of the molecule is C1=NCCO1.CCCCCCC(O)C/C=C\CCCCCCCC(=O)O. The van der Waals surface area contributed by atoms with Crippen molar-refractivity contribution in [1.82, 2.24) is 0 Å². The van der Waals surface area contributed by atoms with E-state index in [2.05, 4.69) is 28.8 Å². The highest BCUT2D eigenvalue weighted by Crippen LogP contribution is 2.10. The summed E-state index contributed by atoms with van der Waals surface area (Å²) in [5.74, 6) is -0.689. The second-order valence-corrected chi connectivity index (χ2v) is 6.79. The third-order valence-corrected chi connectivity index (χ3v) is 4.21. The van der Waals surface area contributed by atoms with E-state index in [1.54, 1.807) is 0 Å². The highest BCUT2D eigenvalue weighted by Gasteiger charge is 2.00. The average molecular weight is 370 g/mol. The molecule has 0 radical (unpaired) electrons. The molecule has 1 heterocycles. The Morgan fingerprint density at radius 2 is 1.85 bits per heavy atom. The number of aliphatic hydroxyl groups excluding tert-OH is 1. The van der Waals surface area contributed by atoms with Crippen LogP contribution >= 0.6 is 0 Å². The second kappa shape index (κ2) is 20.0. The number of hydrogen-bond donors (Lipinski definition) is 2. The smallest absolute Gasteiger partial charge is 0.303 e. The van der Waals surface area contributed by atoms with Crippen molar-refractivity contribution in [1.29, 1.82) is 0 Å². The van der Waals surface area contributed by atoms with Gasteiger partial charge in [0.05, 0.1) is 12.6 Å². The fraction of sp³-hybridized carbons (Fsp3) is 0.810. The summed E-state index contributed by atoms with van der Waals surface area (Å²) in [6.45, 7) is 3.82. The lowest BCUT2D eigenvalue weighted by atomic mass is 10.1. The van der Waals surface area contributed by atoms with Crippen LogP contribution in [0, 0.1) is 0 Å². The topological polar surface area (TPSA) is 79.1 Å². The molecule has 0 amide bonds. The number of aliphatic hydroxyl groups is 1. The van der Waals surface area contributed by atoms with Gasteiger partial charge in [-0.1, -0.05) is 64.0 Å². The van der Waals surface area contributed by atoms with Gasteiger partial charge in [0.25, 0.3) is 0 Å². The number of aliphatic carboxylic acids is 1. The van der Waals surface area contributed by atoms with E-state index in [4.69, 9.17) is 5.11 Å². The summed E-state index contributed by atoms with van der Waals surface area (Å²) in [6, 6.07) is 0. The lowest BCUT2D eigenvalue weighted by molar-refractivity contribution is -0.137. The summed E-state index contributed by atoms with van der Waals surface area (Å²) >= 11 is 0. The van der Waals surface area contributed by atoms with Gasteiger partial charge in [-0.05, 0) is 32.1 Å². The number of rotatable bonds is 15. The Kier molecular flexibility index (Phi) is 18.9. The van der Waals surface area contributed by atoms with Crippen LogP contribution in [-0.4, -0.2) is 41.8 Å². The van der Waals surface area contributed by atoms with Crippen molar-refractivity contribution >= 4 is 12.4 Å². The summed E-state index contributed by atoms with van der Waals surface area (Å²) in [7, 11) is 0. The Morgan fingerprint density at radius 1 is 1.12 bits per heavy atom. The zero-order valence-electron chi connectivity index (χ0n) is 16.6. The Labute approximate surface area is 159 Å². The Balaban J connectivity index is 0.00000106. The maximum absolute atomic E-state index is 10.3. The standard InChI is InChI=1S/C18H34O3.C3H5NO/c1-2-3-4-11-14-17(19)15-12-9-7-5-6-8-10-13-16-18(20)21;1-2-5-3-4-1/h9,12,17,19H,2-8,10-11,13-16H2,1H3,(H,20,21);3H,1-2H2/b12-9-;. The van der Waals surface area contributed by atoms with E-state index in [-0.39, 0.29) is 6.10 Å². The zero-order valence-corrected chi connectivity index (χ0v) is 16.6. The van der Waals surface area contributed by atoms with Gasteiger partial charge in [-0.25, -0.2) is 0 Å². The second-order valence-electron chi connectivity index (χ2n) is 6.79. The van der Waals surface area contributed by atoms with Crippen molar-refractivity contribution in [2.24, 2.45) is 4.99 Å². The van der Waals surface area contributed by atoms with Gasteiger partial charge in [-0.2, -0.15) is 0 Å². The van der Waals surface area contributed by atoms with E-state index in [1.807, 2.05) is 0 Å². The maximum Gasteiger partial charge on any atom is 0.303 e. The molecule has 152 valence electrons. The highest BCUT2D eigenvalue weighted by molar-refractivity contribution is 5.66. The number of allylic oxidation sites excluding steroid dienone is 1. The number of ether oxygens (including phenoxy) is 1. The number of carboxylic acid groups (broad SMARTS) is 1. The van der Waals surface area contributed by atoms with Crippen molar-refractivity contribution in [2.45, 2.75) is 96.5 Å². The molecule has 0 spiro atoms. The minimum atomic E-state index is -0.689. The first kappa shape index (κ1) is 24.6. The fourth-order valence-corrected chi connectivity index (χ4v) is 2.63. The van der Waals surface area contributed by atoms with Gasteiger partial charge in [0.1, 0.15) is 6.61 Å². The minimum absolute atomic E-state index is 0.172. The summed E-state index contributed by atoms with van der Waals surface area (Å²) < 4.78 is 4.65. The Hall–Kier alpha value is -1.36. The quantitative estimate of drug-likeness (QED) is 0.310. The molecule has 1 unspecified atom stereocenters. The molecule has 0 aliphatic carbocycles. The third-order valence-electron chi connectivity index (χ3n) is 4.21. The van der Waals surface area contributed by atoms with Crippen LogP contribution < -0.4 is 0 Å². The Morgan fingerprint density at radius 3 is 2.46 bits per heavy atom. The highest BCUT2D eigenvalue weighted by atomic mass is 16.5. The predicted molar refractivity (Wildman–Crippen MR) is 108 cm³/mol.